The number of urea groups is 1. The van der Waals surface area contributed by atoms with E-state index in [0.29, 0.717) is 13.1 Å². The Kier molecular flexibility index (Phi) is 5.98. The number of rotatable bonds is 4. The molecule has 0 radical (unpaired) electrons. The zero-order valence-electron chi connectivity index (χ0n) is 16.6. The van der Waals surface area contributed by atoms with E-state index in [1.807, 2.05) is 64.4 Å². The van der Waals surface area contributed by atoms with Crippen molar-refractivity contribution in [1.29, 1.82) is 0 Å². The molecule has 0 spiro atoms. The van der Waals surface area contributed by atoms with Gasteiger partial charge in [0.05, 0.1) is 0 Å². The van der Waals surface area contributed by atoms with Crippen LogP contribution in [0.25, 0.3) is 0 Å². The summed E-state index contributed by atoms with van der Waals surface area (Å²) < 4.78 is 0. The number of hydrogen-bond acceptors (Lipinski definition) is 3. The molecule has 3 amide bonds. The SMILES string of the molecule is O=C(Nc1ccc(Nc2ccccc2)cc1)C1CCN(C(=O)N2CCCC2)CC1. The molecule has 0 saturated carbocycles. The van der Waals surface area contributed by atoms with Crippen molar-refractivity contribution in [3.8, 4) is 0 Å². The number of benzene rings is 2. The molecular formula is C23H28N4O2. The van der Waals surface area contributed by atoms with Crippen LogP contribution in [0.15, 0.2) is 54.6 Å². The lowest BCUT2D eigenvalue weighted by Crippen LogP contribution is -2.47. The average Bonchev–Trinajstić information content (AvgIpc) is 3.30. The summed E-state index contributed by atoms with van der Waals surface area (Å²) in [5, 5.41) is 6.35. The maximum absolute atomic E-state index is 12.6. The summed E-state index contributed by atoms with van der Waals surface area (Å²) in [7, 11) is 0. The fraction of sp³-hybridized carbons (Fsp3) is 0.391. The summed E-state index contributed by atoms with van der Waals surface area (Å²) in [5.41, 5.74) is 2.80. The van der Waals surface area contributed by atoms with E-state index in [1.54, 1.807) is 0 Å². The maximum Gasteiger partial charge on any atom is 0.319 e. The van der Waals surface area contributed by atoms with Crippen LogP contribution in [0.4, 0.5) is 21.9 Å². The molecule has 29 heavy (non-hydrogen) atoms. The molecule has 0 atom stereocenters. The Morgan fingerprint density at radius 3 is 1.93 bits per heavy atom. The van der Waals surface area contributed by atoms with Gasteiger partial charge in [-0.2, -0.15) is 0 Å². The molecule has 0 aromatic heterocycles. The smallest absolute Gasteiger partial charge is 0.319 e. The van der Waals surface area contributed by atoms with Crippen LogP contribution >= 0.6 is 0 Å². The van der Waals surface area contributed by atoms with Gasteiger partial charge in [-0.05, 0) is 62.1 Å². The van der Waals surface area contributed by atoms with Gasteiger partial charge in [-0.15, -0.1) is 0 Å². The Morgan fingerprint density at radius 1 is 0.724 bits per heavy atom. The summed E-state index contributed by atoms with van der Waals surface area (Å²) in [4.78, 5) is 28.9. The lowest BCUT2D eigenvalue weighted by atomic mass is 9.96. The predicted molar refractivity (Wildman–Crippen MR) is 115 cm³/mol. The molecular weight excluding hydrogens is 364 g/mol. The second kappa shape index (κ2) is 8.99. The molecule has 2 aromatic rings. The molecule has 0 bridgehead atoms. The van der Waals surface area contributed by atoms with Crippen LogP contribution in [0.3, 0.4) is 0 Å². The first-order valence-corrected chi connectivity index (χ1v) is 10.5. The van der Waals surface area contributed by atoms with Crippen molar-refractivity contribution in [3.05, 3.63) is 54.6 Å². The number of para-hydroxylation sites is 1. The first kappa shape index (κ1) is 19.3. The third-order valence-corrected chi connectivity index (χ3v) is 5.73. The van der Waals surface area contributed by atoms with E-state index in [-0.39, 0.29) is 17.9 Å². The Morgan fingerprint density at radius 2 is 1.28 bits per heavy atom. The van der Waals surface area contributed by atoms with E-state index >= 15 is 0 Å². The van der Waals surface area contributed by atoms with E-state index in [4.69, 9.17) is 0 Å². The summed E-state index contributed by atoms with van der Waals surface area (Å²) in [5.74, 6) is 0.00166. The summed E-state index contributed by atoms with van der Waals surface area (Å²) in [6.07, 6.45) is 3.65. The van der Waals surface area contributed by atoms with Crippen LogP contribution in [0.2, 0.25) is 0 Å². The van der Waals surface area contributed by atoms with Crippen molar-refractivity contribution in [3.63, 3.8) is 0 Å². The minimum absolute atomic E-state index is 0.0419. The molecule has 6 nitrogen and oxygen atoms in total. The number of amides is 3. The molecule has 6 heteroatoms. The topological polar surface area (TPSA) is 64.7 Å². The third-order valence-electron chi connectivity index (χ3n) is 5.73. The van der Waals surface area contributed by atoms with Gasteiger partial charge >= 0.3 is 6.03 Å². The molecule has 2 aromatic carbocycles. The maximum atomic E-state index is 12.6. The average molecular weight is 393 g/mol. The van der Waals surface area contributed by atoms with E-state index < -0.39 is 0 Å². The zero-order chi connectivity index (χ0) is 20.1. The fourth-order valence-electron chi connectivity index (χ4n) is 4.01. The number of nitrogens with one attached hydrogen (secondary N) is 2. The third kappa shape index (κ3) is 4.88. The lowest BCUT2D eigenvalue weighted by Gasteiger charge is -2.34. The number of likely N-dealkylation sites (tertiary alicyclic amines) is 2. The normalized spacial score (nSPS) is 17.2. The van der Waals surface area contributed by atoms with Gasteiger partial charge in [-0.25, -0.2) is 4.79 Å². The predicted octanol–water partition coefficient (Wildman–Crippen LogP) is 4.30. The number of anilines is 3. The first-order valence-electron chi connectivity index (χ1n) is 10.5. The van der Waals surface area contributed by atoms with Crippen LogP contribution in [0.1, 0.15) is 25.7 Å². The number of nitrogens with zero attached hydrogens (tertiary/aromatic N) is 2. The van der Waals surface area contributed by atoms with E-state index in [0.717, 1.165) is 55.8 Å². The van der Waals surface area contributed by atoms with Gasteiger partial charge in [0.25, 0.3) is 0 Å². The van der Waals surface area contributed by atoms with Crippen LogP contribution in [-0.4, -0.2) is 47.9 Å². The molecule has 2 fully saturated rings. The van der Waals surface area contributed by atoms with Gasteiger partial charge in [0.15, 0.2) is 0 Å². The number of carbonyl (C=O) groups excluding carboxylic acids is 2. The lowest BCUT2D eigenvalue weighted by molar-refractivity contribution is -0.121. The number of piperidine rings is 1. The molecule has 2 aliphatic heterocycles. The van der Waals surface area contributed by atoms with Crippen molar-refractivity contribution < 1.29 is 9.59 Å². The standard InChI is InChI=1S/C23H28N4O2/c28-22(18-12-16-27(17-13-18)23(29)26-14-4-5-15-26)25-21-10-8-20(9-11-21)24-19-6-2-1-3-7-19/h1-3,6-11,18,24H,4-5,12-17H2,(H,25,28). The Labute approximate surface area is 171 Å². The van der Waals surface area contributed by atoms with Crippen molar-refractivity contribution in [1.82, 2.24) is 9.80 Å². The Hall–Kier alpha value is -3.02. The first-order chi connectivity index (χ1) is 14.2. The Balaban J connectivity index is 1.26. The van der Waals surface area contributed by atoms with Crippen molar-refractivity contribution in [2.45, 2.75) is 25.7 Å². The second-order valence-corrected chi connectivity index (χ2v) is 7.80. The molecule has 4 rings (SSSR count). The highest BCUT2D eigenvalue weighted by Gasteiger charge is 2.30. The number of carbonyl (C=O) groups is 2. The molecule has 2 aliphatic rings. The van der Waals surface area contributed by atoms with Crippen LogP contribution in [0, 0.1) is 5.92 Å². The van der Waals surface area contributed by atoms with E-state index in [9.17, 15) is 9.59 Å². The zero-order valence-corrected chi connectivity index (χ0v) is 16.6. The largest absolute Gasteiger partial charge is 0.356 e. The summed E-state index contributed by atoms with van der Waals surface area (Å²) >= 11 is 0. The number of hydrogen-bond donors (Lipinski definition) is 2. The van der Waals surface area contributed by atoms with Crippen molar-refractivity contribution in [2.24, 2.45) is 5.92 Å². The van der Waals surface area contributed by atoms with Crippen LogP contribution < -0.4 is 10.6 Å². The van der Waals surface area contributed by atoms with Gasteiger partial charge in [-0.3, -0.25) is 4.79 Å². The summed E-state index contributed by atoms with van der Waals surface area (Å²) in [6, 6.07) is 17.9. The second-order valence-electron chi connectivity index (χ2n) is 7.80. The van der Waals surface area contributed by atoms with E-state index in [1.165, 1.54) is 0 Å². The fourth-order valence-corrected chi connectivity index (χ4v) is 4.01. The Bertz CT molecular complexity index is 824. The van der Waals surface area contributed by atoms with Gasteiger partial charge in [0.1, 0.15) is 0 Å². The highest BCUT2D eigenvalue weighted by Crippen LogP contribution is 2.23. The molecule has 0 aliphatic carbocycles. The van der Waals surface area contributed by atoms with Crippen LogP contribution in [0.5, 0.6) is 0 Å². The van der Waals surface area contributed by atoms with Crippen molar-refractivity contribution >= 4 is 29.0 Å². The van der Waals surface area contributed by atoms with Gasteiger partial charge < -0.3 is 20.4 Å². The molecule has 2 N–H and O–H groups in total. The van der Waals surface area contributed by atoms with Gasteiger partial charge in [0.2, 0.25) is 5.91 Å². The molecule has 0 unspecified atom stereocenters. The van der Waals surface area contributed by atoms with E-state index in [2.05, 4.69) is 10.6 Å². The molecule has 152 valence electrons. The quantitative estimate of drug-likeness (QED) is 0.815. The summed E-state index contributed by atoms with van der Waals surface area (Å²) in [6.45, 7) is 3.06. The van der Waals surface area contributed by atoms with Crippen LogP contribution in [-0.2, 0) is 4.79 Å². The minimum atomic E-state index is -0.0419. The highest BCUT2D eigenvalue weighted by molar-refractivity contribution is 5.93. The monoisotopic (exact) mass is 392 g/mol. The molecule has 2 heterocycles. The molecule has 2 saturated heterocycles. The minimum Gasteiger partial charge on any atom is -0.356 e. The highest BCUT2D eigenvalue weighted by atomic mass is 16.2. The van der Waals surface area contributed by atoms with Gasteiger partial charge in [0, 0.05) is 49.2 Å². The van der Waals surface area contributed by atoms with Crippen molar-refractivity contribution in [2.75, 3.05) is 36.8 Å². The van der Waals surface area contributed by atoms with Gasteiger partial charge in [-0.1, -0.05) is 18.2 Å².